The lowest BCUT2D eigenvalue weighted by atomic mass is 10.1. The molecule has 20 heavy (non-hydrogen) atoms. The van der Waals surface area contributed by atoms with Crippen LogP contribution in [-0.2, 0) is 17.8 Å². The Kier molecular flexibility index (Phi) is 3.41. The van der Waals surface area contributed by atoms with Crippen LogP contribution < -0.4 is 10.1 Å². The number of carbonyl (C=O) groups is 1. The number of aryl methyl sites for hydroxylation is 2. The highest BCUT2D eigenvalue weighted by molar-refractivity contribution is 5.95. The molecule has 1 unspecified atom stereocenters. The average molecular weight is 271 g/mol. The van der Waals surface area contributed by atoms with E-state index in [0.717, 1.165) is 24.2 Å². The highest BCUT2D eigenvalue weighted by atomic mass is 16.5. The number of amides is 1. The molecule has 0 radical (unpaired) electrons. The zero-order valence-corrected chi connectivity index (χ0v) is 11.4. The van der Waals surface area contributed by atoms with Gasteiger partial charge in [-0.05, 0) is 31.4 Å². The number of anilines is 1. The van der Waals surface area contributed by atoms with Crippen molar-refractivity contribution in [3.8, 4) is 5.75 Å². The number of carbonyl (C=O) groups excluding carboxylic acids is 1. The number of nitrogens with one attached hydrogen (secondary N) is 1. The quantitative estimate of drug-likeness (QED) is 0.931. The van der Waals surface area contributed by atoms with E-state index in [1.54, 1.807) is 10.9 Å². The van der Waals surface area contributed by atoms with Crippen molar-refractivity contribution in [3.05, 3.63) is 42.2 Å². The Morgan fingerprint density at radius 2 is 2.30 bits per heavy atom. The van der Waals surface area contributed by atoms with Crippen molar-refractivity contribution in [2.45, 2.75) is 32.4 Å². The molecule has 0 bridgehead atoms. The molecule has 0 spiro atoms. The summed E-state index contributed by atoms with van der Waals surface area (Å²) in [6.07, 6.45) is 4.47. The standard InChI is InChI=1S/C15H17N3O2/c1-2-18-10-12(9-16-18)20-14-8-7-11-5-3-4-6-13(11)17-15(14)19/h3-6,9-10,14H,2,7-8H2,1H3,(H,17,19). The third kappa shape index (κ3) is 2.52. The summed E-state index contributed by atoms with van der Waals surface area (Å²) in [4.78, 5) is 12.2. The molecule has 5 nitrogen and oxygen atoms in total. The number of rotatable bonds is 3. The van der Waals surface area contributed by atoms with Crippen LogP contribution in [0.15, 0.2) is 36.7 Å². The fourth-order valence-electron chi connectivity index (χ4n) is 2.35. The van der Waals surface area contributed by atoms with Gasteiger partial charge in [-0.2, -0.15) is 5.10 Å². The Bertz CT molecular complexity index is 621. The van der Waals surface area contributed by atoms with E-state index in [1.807, 2.05) is 37.4 Å². The maximum absolute atomic E-state index is 12.2. The van der Waals surface area contributed by atoms with Crippen molar-refractivity contribution >= 4 is 11.6 Å². The second kappa shape index (κ2) is 5.36. The average Bonchev–Trinajstić information content (AvgIpc) is 2.85. The van der Waals surface area contributed by atoms with Crippen molar-refractivity contribution < 1.29 is 9.53 Å². The Labute approximate surface area is 117 Å². The number of fused-ring (bicyclic) bond motifs is 1. The maximum Gasteiger partial charge on any atom is 0.265 e. The zero-order chi connectivity index (χ0) is 13.9. The van der Waals surface area contributed by atoms with E-state index in [0.29, 0.717) is 12.2 Å². The van der Waals surface area contributed by atoms with E-state index < -0.39 is 6.10 Å². The largest absolute Gasteiger partial charge is 0.477 e. The van der Waals surface area contributed by atoms with E-state index in [4.69, 9.17) is 4.74 Å². The number of para-hydroxylation sites is 1. The number of nitrogens with zero attached hydrogens (tertiary/aromatic N) is 2. The first kappa shape index (κ1) is 12.7. The van der Waals surface area contributed by atoms with Gasteiger partial charge in [-0.15, -0.1) is 0 Å². The molecule has 0 saturated carbocycles. The topological polar surface area (TPSA) is 56.1 Å². The van der Waals surface area contributed by atoms with Gasteiger partial charge in [-0.1, -0.05) is 18.2 Å². The van der Waals surface area contributed by atoms with Gasteiger partial charge in [0.1, 0.15) is 0 Å². The van der Waals surface area contributed by atoms with Crippen LogP contribution in [-0.4, -0.2) is 21.8 Å². The predicted molar refractivity (Wildman–Crippen MR) is 75.7 cm³/mol. The fraction of sp³-hybridized carbons (Fsp3) is 0.333. The molecule has 0 aliphatic carbocycles. The Balaban J connectivity index is 1.74. The van der Waals surface area contributed by atoms with Gasteiger partial charge in [-0.25, -0.2) is 0 Å². The number of ether oxygens (including phenoxy) is 1. The monoisotopic (exact) mass is 271 g/mol. The molecule has 1 amide bonds. The van der Waals surface area contributed by atoms with Gasteiger partial charge in [0.25, 0.3) is 5.91 Å². The molecule has 1 aromatic carbocycles. The van der Waals surface area contributed by atoms with Crippen LogP contribution in [0.3, 0.4) is 0 Å². The molecule has 1 atom stereocenters. The third-order valence-electron chi connectivity index (χ3n) is 3.46. The third-order valence-corrected chi connectivity index (χ3v) is 3.46. The molecule has 0 fully saturated rings. The van der Waals surface area contributed by atoms with Gasteiger partial charge in [0, 0.05) is 12.2 Å². The summed E-state index contributed by atoms with van der Waals surface area (Å²) in [5.41, 5.74) is 2.03. The van der Waals surface area contributed by atoms with Crippen LogP contribution in [0.2, 0.25) is 0 Å². The van der Waals surface area contributed by atoms with Gasteiger partial charge >= 0.3 is 0 Å². The predicted octanol–water partition coefficient (Wildman–Crippen LogP) is 2.24. The minimum atomic E-state index is -0.475. The molecule has 1 aliphatic heterocycles. The van der Waals surface area contributed by atoms with Gasteiger partial charge in [0.05, 0.1) is 12.4 Å². The van der Waals surface area contributed by atoms with Crippen molar-refractivity contribution in [2.75, 3.05) is 5.32 Å². The summed E-state index contributed by atoms with van der Waals surface area (Å²) in [5, 5.41) is 7.07. The molecule has 1 aromatic heterocycles. The number of hydrogen-bond donors (Lipinski definition) is 1. The first-order chi connectivity index (χ1) is 9.76. The van der Waals surface area contributed by atoms with Crippen LogP contribution >= 0.6 is 0 Å². The zero-order valence-electron chi connectivity index (χ0n) is 11.4. The van der Waals surface area contributed by atoms with Gasteiger partial charge < -0.3 is 10.1 Å². The van der Waals surface area contributed by atoms with Crippen LogP contribution in [0.1, 0.15) is 18.9 Å². The number of hydrogen-bond acceptors (Lipinski definition) is 3. The first-order valence-electron chi connectivity index (χ1n) is 6.84. The summed E-state index contributed by atoms with van der Waals surface area (Å²) < 4.78 is 7.54. The highest BCUT2D eigenvalue weighted by Crippen LogP contribution is 2.23. The Morgan fingerprint density at radius 3 is 3.10 bits per heavy atom. The Morgan fingerprint density at radius 1 is 1.45 bits per heavy atom. The van der Waals surface area contributed by atoms with Gasteiger partial charge in [0.2, 0.25) is 0 Å². The normalized spacial score (nSPS) is 18.1. The van der Waals surface area contributed by atoms with E-state index in [2.05, 4.69) is 10.4 Å². The fourth-order valence-corrected chi connectivity index (χ4v) is 2.35. The molecule has 1 aliphatic rings. The summed E-state index contributed by atoms with van der Waals surface area (Å²) in [7, 11) is 0. The number of benzene rings is 1. The van der Waals surface area contributed by atoms with E-state index >= 15 is 0 Å². The molecule has 1 N–H and O–H groups in total. The second-order valence-electron chi connectivity index (χ2n) is 4.82. The van der Waals surface area contributed by atoms with Crippen molar-refractivity contribution in [1.29, 1.82) is 0 Å². The van der Waals surface area contributed by atoms with Crippen LogP contribution in [0.25, 0.3) is 0 Å². The highest BCUT2D eigenvalue weighted by Gasteiger charge is 2.25. The maximum atomic E-state index is 12.2. The lowest BCUT2D eigenvalue weighted by Crippen LogP contribution is -2.31. The van der Waals surface area contributed by atoms with Crippen LogP contribution in [0.5, 0.6) is 5.75 Å². The Hall–Kier alpha value is -2.30. The smallest absolute Gasteiger partial charge is 0.265 e. The molecule has 2 aromatic rings. The van der Waals surface area contributed by atoms with Crippen LogP contribution in [0.4, 0.5) is 5.69 Å². The minimum Gasteiger partial charge on any atom is -0.477 e. The van der Waals surface area contributed by atoms with Crippen LogP contribution in [0, 0.1) is 0 Å². The molecular formula is C15H17N3O2. The second-order valence-corrected chi connectivity index (χ2v) is 4.82. The van der Waals surface area contributed by atoms with E-state index in [9.17, 15) is 4.79 Å². The SMILES string of the molecule is CCn1cc(OC2CCc3ccccc3NC2=O)cn1. The lowest BCUT2D eigenvalue weighted by molar-refractivity contribution is -0.122. The molecule has 0 saturated heterocycles. The van der Waals surface area contributed by atoms with Gasteiger partial charge in [0.15, 0.2) is 11.9 Å². The first-order valence-corrected chi connectivity index (χ1v) is 6.84. The lowest BCUT2D eigenvalue weighted by Gasteiger charge is -2.14. The van der Waals surface area contributed by atoms with Crippen molar-refractivity contribution in [3.63, 3.8) is 0 Å². The molecule has 5 heteroatoms. The van der Waals surface area contributed by atoms with E-state index in [1.165, 1.54) is 0 Å². The molecular weight excluding hydrogens is 254 g/mol. The van der Waals surface area contributed by atoms with Crippen molar-refractivity contribution in [1.82, 2.24) is 9.78 Å². The van der Waals surface area contributed by atoms with Crippen molar-refractivity contribution in [2.24, 2.45) is 0 Å². The summed E-state index contributed by atoms with van der Waals surface area (Å²) in [6, 6.07) is 7.86. The van der Waals surface area contributed by atoms with Gasteiger partial charge in [-0.3, -0.25) is 9.48 Å². The number of aromatic nitrogens is 2. The molecule has 3 rings (SSSR count). The summed E-state index contributed by atoms with van der Waals surface area (Å²) >= 11 is 0. The molecule has 2 heterocycles. The summed E-state index contributed by atoms with van der Waals surface area (Å²) in [5.74, 6) is 0.539. The minimum absolute atomic E-state index is 0.0980. The summed E-state index contributed by atoms with van der Waals surface area (Å²) in [6.45, 7) is 2.79. The molecule has 104 valence electrons. The van der Waals surface area contributed by atoms with E-state index in [-0.39, 0.29) is 5.91 Å².